The molecule has 0 spiro atoms. The monoisotopic (exact) mass is 219 g/mol. The molecule has 3 heteroatoms. The van der Waals surface area contributed by atoms with E-state index in [0.29, 0.717) is 12.1 Å². The van der Waals surface area contributed by atoms with Crippen molar-refractivity contribution >= 4 is 5.84 Å². The van der Waals surface area contributed by atoms with Crippen LogP contribution in [0.2, 0.25) is 0 Å². The summed E-state index contributed by atoms with van der Waals surface area (Å²) in [7, 11) is 2.16. The molecule has 2 aliphatic rings. The van der Waals surface area contributed by atoms with Gasteiger partial charge in [-0.2, -0.15) is 0 Å². The molecule has 0 saturated heterocycles. The van der Waals surface area contributed by atoms with Gasteiger partial charge in [0, 0.05) is 0 Å². The molecule has 0 aliphatic carbocycles. The topological polar surface area (TPSA) is 19.4 Å². The maximum atomic E-state index is 5.67. The van der Waals surface area contributed by atoms with Crippen molar-refractivity contribution in [2.45, 2.75) is 45.3 Å². The first-order valence-corrected chi connectivity index (χ1v) is 5.93. The number of hydrogen-bond donors (Lipinski definition) is 0. The van der Waals surface area contributed by atoms with E-state index in [1.165, 1.54) is 11.4 Å². The van der Waals surface area contributed by atoms with Gasteiger partial charge in [-0.3, -0.25) is 4.58 Å². The van der Waals surface area contributed by atoms with Gasteiger partial charge < -0.3 is 4.42 Å². The smallest absolute Gasteiger partial charge is 0.317 e. The average molecular weight is 219 g/mol. The van der Waals surface area contributed by atoms with Gasteiger partial charge in [0.2, 0.25) is 5.76 Å². The van der Waals surface area contributed by atoms with Gasteiger partial charge in [0.15, 0.2) is 0 Å². The van der Waals surface area contributed by atoms with Gasteiger partial charge in [-0.25, -0.2) is 4.90 Å². The second-order valence-electron chi connectivity index (χ2n) is 5.51. The highest BCUT2D eigenvalue weighted by Crippen LogP contribution is 2.43. The van der Waals surface area contributed by atoms with Crippen molar-refractivity contribution in [1.29, 1.82) is 0 Å². The van der Waals surface area contributed by atoms with Crippen molar-refractivity contribution in [3.05, 3.63) is 23.7 Å². The summed E-state index contributed by atoms with van der Waals surface area (Å²) in [6, 6.07) is 3.16. The highest BCUT2D eigenvalue weighted by molar-refractivity contribution is 5.99. The van der Waals surface area contributed by atoms with E-state index in [2.05, 4.69) is 50.3 Å². The second-order valence-corrected chi connectivity index (χ2v) is 5.51. The van der Waals surface area contributed by atoms with Crippen LogP contribution in [0.5, 0.6) is 0 Å². The third kappa shape index (κ3) is 0.879. The minimum atomic E-state index is 0.0517. The molecule has 0 bridgehead atoms. The molecule has 86 valence electrons. The fourth-order valence-corrected chi connectivity index (χ4v) is 3.23. The summed E-state index contributed by atoms with van der Waals surface area (Å²) in [5, 5.41) is 0. The Bertz CT molecular complexity index is 484. The van der Waals surface area contributed by atoms with Crippen molar-refractivity contribution in [3.8, 4) is 0 Å². The van der Waals surface area contributed by atoms with Gasteiger partial charge in [0.05, 0.1) is 18.9 Å². The van der Waals surface area contributed by atoms with Crippen molar-refractivity contribution in [1.82, 2.24) is 4.90 Å². The predicted octanol–water partition coefficient (Wildman–Crippen LogP) is 2.01. The fourth-order valence-electron chi connectivity index (χ4n) is 3.23. The molecule has 1 aromatic heterocycles. The number of nitrogens with zero attached hydrogens (tertiary/aromatic N) is 2. The van der Waals surface area contributed by atoms with Gasteiger partial charge >= 0.3 is 5.84 Å². The molecule has 0 fully saturated rings. The van der Waals surface area contributed by atoms with Crippen molar-refractivity contribution in [3.63, 3.8) is 0 Å². The van der Waals surface area contributed by atoms with E-state index in [1.807, 2.05) is 0 Å². The molecule has 2 aliphatic heterocycles. The van der Waals surface area contributed by atoms with Crippen LogP contribution < -0.4 is 0 Å². The standard InChI is InChI=1S/C13H19N2O/c1-8-9(2)15-12(14(8)5)11-10(6-7-16-11)13(15,3)4/h6-9H,1-5H3/q+1. The Kier molecular flexibility index (Phi) is 1.68. The zero-order valence-electron chi connectivity index (χ0n) is 10.6. The lowest BCUT2D eigenvalue weighted by Crippen LogP contribution is -2.44. The molecule has 16 heavy (non-hydrogen) atoms. The number of hydrogen-bond acceptors (Lipinski definition) is 2. The molecule has 0 radical (unpaired) electrons. The maximum Gasteiger partial charge on any atom is 0.317 e. The van der Waals surface area contributed by atoms with Gasteiger partial charge in [-0.1, -0.05) is 0 Å². The van der Waals surface area contributed by atoms with Gasteiger partial charge in [-0.05, 0) is 33.8 Å². The van der Waals surface area contributed by atoms with Crippen LogP contribution in [-0.4, -0.2) is 34.4 Å². The maximum absolute atomic E-state index is 5.67. The predicted molar refractivity (Wildman–Crippen MR) is 62.8 cm³/mol. The quantitative estimate of drug-likeness (QED) is 0.622. The molecule has 0 aromatic carbocycles. The van der Waals surface area contributed by atoms with E-state index < -0.39 is 0 Å². The SMILES string of the molecule is CC1C(C)[N+](C)=C2c3occc3C(C)(C)N21. The van der Waals surface area contributed by atoms with Gasteiger partial charge in [0.25, 0.3) is 0 Å². The van der Waals surface area contributed by atoms with E-state index in [4.69, 9.17) is 4.42 Å². The fraction of sp³-hybridized carbons (Fsp3) is 0.615. The lowest BCUT2D eigenvalue weighted by molar-refractivity contribution is -0.526. The van der Waals surface area contributed by atoms with Crippen LogP contribution in [-0.2, 0) is 5.54 Å². The minimum absolute atomic E-state index is 0.0517. The molecule has 0 amide bonds. The number of amidine groups is 1. The number of likely N-dealkylation sites (N-methyl/N-ethyl adjacent to an activating group) is 1. The summed E-state index contributed by atoms with van der Waals surface area (Å²) >= 11 is 0. The van der Waals surface area contributed by atoms with Gasteiger partial charge in [0.1, 0.15) is 17.6 Å². The van der Waals surface area contributed by atoms with E-state index in [9.17, 15) is 0 Å². The average Bonchev–Trinajstić information content (AvgIpc) is 2.82. The zero-order chi connectivity index (χ0) is 11.7. The minimum Gasteiger partial charge on any atom is -0.456 e. The second kappa shape index (κ2) is 2.70. The van der Waals surface area contributed by atoms with Crippen LogP contribution in [0, 0.1) is 0 Å². The first-order valence-electron chi connectivity index (χ1n) is 5.93. The summed E-state index contributed by atoms with van der Waals surface area (Å²) in [4.78, 5) is 2.49. The van der Waals surface area contributed by atoms with Crippen LogP contribution in [0.4, 0.5) is 0 Å². The molecular formula is C13H19N2O+. The van der Waals surface area contributed by atoms with Gasteiger partial charge in [-0.15, -0.1) is 0 Å². The highest BCUT2D eigenvalue weighted by atomic mass is 16.3. The van der Waals surface area contributed by atoms with Crippen LogP contribution in [0.3, 0.4) is 0 Å². The molecule has 2 atom stereocenters. The molecule has 0 saturated carbocycles. The van der Waals surface area contributed by atoms with Crippen molar-refractivity contribution in [2.24, 2.45) is 0 Å². The Morgan fingerprint density at radius 1 is 1.38 bits per heavy atom. The van der Waals surface area contributed by atoms with Crippen LogP contribution in [0.15, 0.2) is 16.7 Å². The number of rotatable bonds is 0. The zero-order valence-corrected chi connectivity index (χ0v) is 10.6. The van der Waals surface area contributed by atoms with Crippen molar-refractivity contribution < 1.29 is 8.99 Å². The Morgan fingerprint density at radius 3 is 2.75 bits per heavy atom. The number of fused-ring (bicyclic) bond motifs is 3. The van der Waals surface area contributed by atoms with E-state index in [-0.39, 0.29) is 5.54 Å². The Morgan fingerprint density at radius 2 is 2.06 bits per heavy atom. The Hall–Kier alpha value is -1.25. The largest absolute Gasteiger partial charge is 0.456 e. The highest BCUT2D eigenvalue weighted by Gasteiger charge is 2.58. The third-order valence-corrected chi connectivity index (χ3v) is 4.41. The molecule has 3 rings (SSSR count). The summed E-state index contributed by atoms with van der Waals surface area (Å²) in [6.45, 7) is 9.12. The van der Waals surface area contributed by atoms with E-state index in [1.54, 1.807) is 6.26 Å². The van der Waals surface area contributed by atoms with Crippen molar-refractivity contribution in [2.75, 3.05) is 7.05 Å². The molecule has 0 N–H and O–H groups in total. The normalized spacial score (nSPS) is 30.9. The van der Waals surface area contributed by atoms with Crippen LogP contribution in [0.25, 0.3) is 0 Å². The molecule has 1 aromatic rings. The molecule has 2 unspecified atom stereocenters. The summed E-state index contributed by atoms with van der Waals surface area (Å²) in [5.41, 5.74) is 1.36. The third-order valence-electron chi connectivity index (χ3n) is 4.41. The number of furan rings is 1. The Balaban J connectivity index is 2.28. The lowest BCUT2D eigenvalue weighted by Gasteiger charge is -2.28. The molecular weight excluding hydrogens is 200 g/mol. The van der Waals surface area contributed by atoms with E-state index in [0.717, 1.165) is 5.76 Å². The summed E-state index contributed by atoms with van der Waals surface area (Å²) in [6.07, 6.45) is 1.80. The summed E-state index contributed by atoms with van der Waals surface area (Å²) < 4.78 is 8.01. The molecule has 3 nitrogen and oxygen atoms in total. The first-order chi connectivity index (χ1) is 7.46. The Labute approximate surface area is 96.4 Å². The first kappa shape index (κ1) is 9.94. The van der Waals surface area contributed by atoms with Crippen LogP contribution >= 0.6 is 0 Å². The lowest BCUT2D eigenvalue weighted by atomic mass is 9.95. The molecule has 3 heterocycles. The van der Waals surface area contributed by atoms with Crippen LogP contribution in [0.1, 0.15) is 39.0 Å². The summed E-state index contributed by atoms with van der Waals surface area (Å²) in [5.74, 6) is 2.31. The van der Waals surface area contributed by atoms with E-state index >= 15 is 0 Å².